The maximum atomic E-state index is 11.2. The molecule has 0 N–H and O–H groups in total. The highest BCUT2D eigenvalue weighted by molar-refractivity contribution is 5.89. The highest BCUT2D eigenvalue weighted by Gasteiger charge is 2.14. The number of allylic oxidation sites excluding steroid dienone is 2. The predicted molar refractivity (Wildman–Crippen MR) is 57.3 cm³/mol. The van der Waals surface area contributed by atoms with Gasteiger partial charge in [-0.2, -0.15) is 0 Å². The van der Waals surface area contributed by atoms with Gasteiger partial charge >= 0.3 is 0 Å². The van der Waals surface area contributed by atoms with Crippen molar-refractivity contribution < 1.29 is 9.53 Å². The predicted octanol–water partition coefficient (Wildman–Crippen LogP) is 2.87. The van der Waals surface area contributed by atoms with Crippen LogP contribution in [0.15, 0.2) is 12.2 Å². The molecule has 0 aromatic carbocycles. The molecule has 1 saturated heterocycles. The number of carbonyl (C=O) groups excluding carboxylic acids is 1. The lowest BCUT2D eigenvalue weighted by atomic mass is 10.1. The van der Waals surface area contributed by atoms with Crippen molar-refractivity contribution in [3.8, 4) is 0 Å². The summed E-state index contributed by atoms with van der Waals surface area (Å²) in [4.78, 5) is 11.2. The van der Waals surface area contributed by atoms with E-state index in [1.165, 1.54) is 12.8 Å². The first kappa shape index (κ1) is 11.4. The van der Waals surface area contributed by atoms with Crippen molar-refractivity contribution in [2.45, 2.75) is 51.6 Å². The second-order valence-corrected chi connectivity index (χ2v) is 3.80. The summed E-state index contributed by atoms with van der Waals surface area (Å²) in [7, 11) is 0. The molecule has 1 heterocycles. The molecule has 1 unspecified atom stereocenters. The molecule has 1 fully saturated rings. The van der Waals surface area contributed by atoms with E-state index in [-0.39, 0.29) is 5.78 Å². The van der Waals surface area contributed by atoms with Crippen molar-refractivity contribution in [1.29, 1.82) is 0 Å². The van der Waals surface area contributed by atoms with E-state index in [9.17, 15) is 4.79 Å². The molecular weight excluding hydrogens is 176 g/mol. The fraction of sp³-hybridized carbons (Fsp3) is 0.750. The summed E-state index contributed by atoms with van der Waals surface area (Å²) in [5, 5.41) is 0. The summed E-state index contributed by atoms with van der Waals surface area (Å²) >= 11 is 0. The third-order valence-corrected chi connectivity index (χ3v) is 2.51. The van der Waals surface area contributed by atoms with Crippen LogP contribution in [0, 0.1) is 0 Å². The zero-order chi connectivity index (χ0) is 10.2. The summed E-state index contributed by atoms with van der Waals surface area (Å²) < 4.78 is 5.49. The summed E-state index contributed by atoms with van der Waals surface area (Å²) in [6, 6.07) is 0. The number of hydrogen-bond donors (Lipinski definition) is 0. The van der Waals surface area contributed by atoms with Crippen molar-refractivity contribution in [2.75, 3.05) is 6.61 Å². The van der Waals surface area contributed by atoms with Gasteiger partial charge in [0.05, 0.1) is 6.10 Å². The van der Waals surface area contributed by atoms with Gasteiger partial charge in [0.15, 0.2) is 5.78 Å². The standard InChI is InChI=1S/C12H20O2/c1-2-3-6-11(13)7-4-8-12-9-5-10-14-12/h3,6,12H,2,4-5,7-10H2,1H3/b6-3+. The van der Waals surface area contributed by atoms with Crippen LogP contribution in [-0.4, -0.2) is 18.5 Å². The van der Waals surface area contributed by atoms with Crippen molar-refractivity contribution in [3.63, 3.8) is 0 Å². The molecule has 1 aliphatic rings. The molecule has 0 spiro atoms. The SMILES string of the molecule is CC/C=C/C(=O)CCCC1CCCO1. The molecule has 2 nitrogen and oxygen atoms in total. The van der Waals surface area contributed by atoms with E-state index >= 15 is 0 Å². The number of carbonyl (C=O) groups is 1. The fourth-order valence-electron chi connectivity index (χ4n) is 1.71. The first-order chi connectivity index (χ1) is 6.83. The third-order valence-electron chi connectivity index (χ3n) is 2.51. The molecule has 0 saturated carbocycles. The number of hydrogen-bond acceptors (Lipinski definition) is 2. The zero-order valence-corrected chi connectivity index (χ0v) is 9.00. The van der Waals surface area contributed by atoms with Crippen LogP contribution in [0.1, 0.15) is 45.4 Å². The summed E-state index contributed by atoms with van der Waals surface area (Å²) in [6.07, 6.45) is 10.1. The van der Waals surface area contributed by atoms with Crippen LogP contribution in [0.2, 0.25) is 0 Å². The molecule has 1 aliphatic heterocycles. The van der Waals surface area contributed by atoms with E-state index in [1.807, 2.05) is 13.0 Å². The Morgan fingerprint density at radius 2 is 2.43 bits per heavy atom. The van der Waals surface area contributed by atoms with Crippen LogP contribution in [0.5, 0.6) is 0 Å². The van der Waals surface area contributed by atoms with Gasteiger partial charge in [-0.3, -0.25) is 4.79 Å². The van der Waals surface area contributed by atoms with Gasteiger partial charge in [-0.15, -0.1) is 0 Å². The molecule has 0 aromatic rings. The zero-order valence-electron chi connectivity index (χ0n) is 9.00. The van der Waals surface area contributed by atoms with Gasteiger partial charge in [-0.05, 0) is 38.2 Å². The lowest BCUT2D eigenvalue weighted by Gasteiger charge is -2.06. The molecule has 1 atom stereocenters. The molecule has 0 aliphatic carbocycles. The topological polar surface area (TPSA) is 26.3 Å². The van der Waals surface area contributed by atoms with Crippen molar-refractivity contribution in [2.24, 2.45) is 0 Å². The lowest BCUT2D eigenvalue weighted by Crippen LogP contribution is -2.05. The van der Waals surface area contributed by atoms with E-state index < -0.39 is 0 Å². The minimum atomic E-state index is 0.254. The molecule has 1 rings (SSSR count). The van der Waals surface area contributed by atoms with Crippen molar-refractivity contribution in [3.05, 3.63) is 12.2 Å². The smallest absolute Gasteiger partial charge is 0.155 e. The maximum absolute atomic E-state index is 11.2. The molecule has 0 radical (unpaired) electrons. The largest absolute Gasteiger partial charge is 0.378 e. The van der Waals surface area contributed by atoms with Gasteiger partial charge in [0, 0.05) is 13.0 Å². The number of ether oxygens (including phenoxy) is 1. The Morgan fingerprint density at radius 1 is 1.57 bits per heavy atom. The van der Waals surface area contributed by atoms with Crippen LogP contribution in [-0.2, 0) is 9.53 Å². The lowest BCUT2D eigenvalue weighted by molar-refractivity contribution is -0.114. The molecule has 14 heavy (non-hydrogen) atoms. The number of rotatable bonds is 6. The highest BCUT2D eigenvalue weighted by Crippen LogP contribution is 2.17. The van der Waals surface area contributed by atoms with E-state index in [4.69, 9.17) is 4.74 Å². The summed E-state index contributed by atoms with van der Waals surface area (Å²) in [6.45, 7) is 2.95. The van der Waals surface area contributed by atoms with Crippen LogP contribution < -0.4 is 0 Å². The van der Waals surface area contributed by atoms with Gasteiger partial charge in [-0.25, -0.2) is 0 Å². The van der Waals surface area contributed by atoms with Crippen LogP contribution >= 0.6 is 0 Å². The van der Waals surface area contributed by atoms with Gasteiger partial charge in [-0.1, -0.05) is 13.0 Å². The van der Waals surface area contributed by atoms with Crippen LogP contribution in [0.4, 0.5) is 0 Å². The fourth-order valence-corrected chi connectivity index (χ4v) is 1.71. The first-order valence-electron chi connectivity index (χ1n) is 5.64. The number of ketones is 1. The van der Waals surface area contributed by atoms with E-state index in [2.05, 4.69) is 0 Å². The highest BCUT2D eigenvalue weighted by atomic mass is 16.5. The quantitative estimate of drug-likeness (QED) is 0.611. The average molecular weight is 196 g/mol. The van der Waals surface area contributed by atoms with Gasteiger partial charge in [0.25, 0.3) is 0 Å². The maximum Gasteiger partial charge on any atom is 0.155 e. The van der Waals surface area contributed by atoms with Gasteiger partial charge < -0.3 is 4.74 Å². The van der Waals surface area contributed by atoms with Gasteiger partial charge in [0.1, 0.15) is 0 Å². The second kappa shape index (κ2) is 6.77. The molecule has 80 valence electrons. The molecule has 0 bridgehead atoms. The molecule has 2 heteroatoms. The molecule has 0 amide bonds. The van der Waals surface area contributed by atoms with E-state index in [1.54, 1.807) is 6.08 Å². The Hall–Kier alpha value is -0.630. The van der Waals surface area contributed by atoms with Crippen molar-refractivity contribution >= 4 is 5.78 Å². The first-order valence-corrected chi connectivity index (χ1v) is 5.64. The third kappa shape index (κ3) is 4.56. The Bertz CT molecular complexity index is 190. The Morgan fingerprint density at radius 3 is 3.07 bits per heavy atom. The Kier molecular flexibility index (Phi) is 5.53. The second-order valence-electron chi connectivity index (χ2n) is 3.80. The van der Waals surface area contributed by atoms with E-state index in [0.717, 1.165) is 25.9 Å². The summed E-state index contributed by atoms with van der Waals surface area (Å²) in [5.41, 5.74) is 0. The minimum Gasteiger partial charge on any atom is -0.378 e. The molecular formula is C12H20O2. The van der Waals surface area contributed by atoms with Crippen molar-refractivity contribution in [1.82, 2.24) is 0 Å². The normalized spacial score (nSPS) is 21.9. The Labute approximate surface area is 86.3 Å². The Balaban J connectivity index is 2.02. The average Bonchev–Trinajstić information content (AvgIpc) is 2.67. The van der Waals surface area contributed by atoms with E-state index in [0.29, 0.717) is 12.5 Å². The van der Waals surface area contributed by atoms with Crippen LogP contribution in [0.25, 0.3) is 0 Å². The van der Waals surface area contributed by atoms with Gasteiger partial charge in [0.2, 0.25) is 0 Å². The van der Waals surface area contributed by atoms with Crippen LogP contribution in [0.3, 0.4) is 0 Å². The summed E-state index contributed by atoms with van der Waals surface area (Å²) in [5.74, 6) is 0.254. The minimum absolute atomic E-state index is 0.254. The monoisotopic (exact) mass is 196 g/mol. The molecule has 0 aromatic heterocycles.